The number of carbonyl (C=O) groups excluding carboxylic acids is 2. The van der Waals surface area contributed by atoms with Gasteiger partial charge in [-0.25, -0.2) is 5.48 Å². The van der Waals surface area contributed by atoms with Crippen molar-refractivity contribution in [1.82, 2.24) is 10.8 Å². The van der Waals surface area contributed by atoms with E-state index in [4.69, 9.17) is 9.47 Å². The van der Waals surface area contributed by atoms with Crippen molar-refractivity contribution in [3.8, 4) is 0 Å². The van der Waals surface area contributed by atoms with Crippen LogP contribution in [-0.2, 0) is 25.5 Å². The van der Waals surface area contributed by atoms with E-state index in [1.54, 1.807) is 5.48 Å². The molecule has 30 heavy (non-hydrogen) atoms. The summed E-state index contributed by atoms with van der Waals surface area (Å²) in [6.07, 6.45) is 5.40. The molecule has 0 aromatic heterocycles. The zero-order valence-corrected chi connectivity index (χ0v) is 17.9. The van der Waals surface area contributed by atoms with E-state index in [1.807, 2.05) is 37.3 Å². The second-order valence-corrected chi connectivity index (χ2v) is 7.81. The number of nitrogens with one attached hydrogen (secondary N) is 2. The highest BCUT2D eigenvalue weighted by Gasteiger charge is 2.27. The van der Waals surface area contributed by atoms with Gasteiger partial charge in [0.05, 0.1) is 12.6 Å². The van der Waals surface area contributed by atoms with E-state index < -0.39 is 11.8 Å². The van der Waals surface area contributed by atoms with Crippen molar-refractivity contribution >= 4 is 11.8 Å². The lowest BCUT2D eigenvalue weighted by atomic mass is 9.88. The maximum Gasteiger partial charge on any atom is 0.246 e. The van der Waals surface area contributed by atoms with Crippen LogP contribution >= 0.6 is 0 Å². The second-order valence-electron chi connectivity index (χ2n) is 7.81. The third-order valence-corrected chi connectivity index (χ3v) is 5.42. The molecule has 3 atom stereocenters. The molecule has 0 aliphatic heterocycles. The summed E-state index contributed by atoms with van der Waals surface area (Å²) in [5, 5.41) is 12.3. The Morgan fingerprint density at radius 3 is 2.63 bits per heavy atom. The van der Waals surface area contributed by atoms with Gasteiger partial charge >= 0.3 is 0 Å². The summed E-state index contributed by atoms with van der Waals surface area (Å²) in [5.41, 5.74) is 4.07. The predicted octanol–water partition coefficient (Wildman–Crippen LogP) is 2.98. The first kappa shape index (κ1) is 24.1. The van der Waals surface area contributed by atoms with Gasteiger partial charge < -0.3 is 14.8 Å². The Balaban J connectivity index is 2.04. The molecule has 2 unspecified atom stereocenters. The quantitative estimate of drug-likeness (QED) is 0.159. The van der Waals surface area contributed by atoms with Crippen LogP contribution in [0.3, 0.4) is 0 Å². The Labute approximate surface area is 178 Å². The van der Waals surface area contributed by atoms with Crippen LogP contribution in [0.2, 0.25) is 0 Å². The van der Waals surface area contributed by atoms with E-state index in [1.165, 1.54) is 5.57 Å². The lowest BCUT2D eigenvalue weighted by molar-refractivity contribution is -0.135. The third kappa shape index (κ3) is 8.26. The van der Waals surface area contributed by atoms with E-state index in [0.29, 0.717) is 19.4 Å². The number of benzene rings is 1. The van der Waals surface area contributed by atoms with Gasteiger partial charge in [-0.2, -0.15) is 0 Å². The maximum absolute atomic E-state index is 12.8. The van der Waals surface area contributed by atoms with Gasteiger partial charge in [0.2, 0.25) is 11.8 Å². The Hall–Kier alpha value is -2.22. The summed E-state index contributed by atoms with van der Waals surface area (Å²) < 4.78 is 10.8. The molecule has 1 aliphatic carbocycles. The fourth-order valence-corrected chi connectivity index (χ4v) is 3.64. The summed E-state index contributed by atoms with van der Waals surface area (Å²) in [6.45, 7) is 4.86. The molecule has 1 aromatic carbocycles. The first-order valence-electron chi connectivity index (χ1n) is 10.6. The number of ether oxygens (including phenoxy) is 2. The molecular formula is C23H34N2O5. The molecule has 2 rings (SSSR count). The van der Waals surface area contributed by atoms with Gasteiger partial charge in [-0.15, -0.1) is 0 Å². The van der Waals surface area contributed by atoms with Crippen molar-refractivity contribution in [1.29, 1.82) is 0 Å². The molecule has 3 N–H and O–H groups in total. The zero-order valence-electron chi connectivity index (χ0n) is 17.9. The molecule has 0 fully saturated rings. The Kier molecular flexibility index (Phi) is 10.5. The molecule has 0 saturated heterocycles. The molecular weight excluding hydrogens is 384 g/mol. The van der Waals surface area contributed by atoms with Crippen molar-refractivity contribution in [3.63, 3.8) is 0 Å². The van der Waals surface area contributed by atoms with Crippen LogP contribution in [0.1, 0.15) is 45.1 Å². The maximum atomic E-state index is 12.8. The summed E-state index contributed by atoms with van der Waals surface area (Å²) >= 11 is 0. The van der Waals surface area contributed by atoms with Crippen molar-refractivity contribution in [2.45, 2.75) is 52.0 Å². The number of amides is 2. The number of carbonyl (C=O) groups is 2. The number of hydroxylamine groups is 1. The predicted molar refractivity (Wildman–Crippen MR) is 114 cm³/mol. The minimum Gasteiger partial charge on any atom is -0.356 e. The average molecular weight is 419 g/mol. The molecule has 0 bridgehead atoms. The smallest absolute Gasteiger partial charge is 0.246 e. The standard InChI is InChI=1S/C23H34N2O5/c1-3-29-16-30-15-21(24-22(26)19-11-9-17(2)10-12-19)14-20(23(27)25-28)13-18-7-5-4-6-8-18/h4-9,19-21,28H,3,10-16H2,1-2H3,(H,24,26)(H,25,27)/t19-,20?,21?/m1/s1. The highest BCUT2D eigenvalue weighted by atomic mass is 16.7. The summed E-state index contributed by atoms with van der Waals surface area (Å²) in [5.74, 6) is -1.07. The van der Waals surface area contributed by atoms with Gasteiger partial charge in [0.25, 0.3) is 0 Å². The van der Waals surface area contributed by atoms with E-state index in [2.05, 4.69) is 18.3 Å². The molecule has 0 radical (unpaired) electrons. The van der Waals surface area contributed by atoms with Crippen LogP contribution in [0.25, 0.3) is 0 Å². The van der Waals surface area contributed by atoms with Crippen LogP contribution in [0.4, 0.5) is 0 Å². The molecule has 0 saturated carbocycles. The Morgan fingerprint density at radius 1 is 1.23 bits per heavy atom. The van der Waals surface area contributed by atoms with Gasteiger partial charge in [0, 0.05) is 18.4 Å². The van der Waals surface area contributed by atoms with E-state index in [-0.39, 0.29) is 31.3 Å². The summed E-state index contributed by atoms with van der Waals surface area (Å²) in [7, 11) is 0. The van der Waals surface area contributed by atoms with Crippen molar-refractivity contribution in [2.75, 3.05) is 20.0 Å². The fourth-order valence-electron chi connectivity index (χ4n) is 3.64. The van der Waals surface area contributed by atoms with Crippen molar-refractivity contribution in [3.05, 3.63) is 47.5 Å². The van der Waals surface area contributed by atoms with E-state index in [0.717, 1.165) is 24.8 Å². The van der Waals surface area contributed by atoms with Gasteiger partial charge in [-0.05, 0) is 51.5 Å². The zero-order chi connectivity index (χ0) is 21.8. The van der Waals surface area contributed by atoms with E-state index in [9.17, 15) is 14.8 Å². The lowest BCUT2D eigenvalue weighted by Gasteiger charge is -2.27. The van der Waals surface area contributed by atoms with Crippen molar-refractivity contribution in [2.24, 2.45) is 11.8 Å². The lowest BCUT2D eigenvalue weighted by Crippen LogP contribution is -2.45. The summed E-state index contributed by atoms with van der Waals surface area (Å²) in [6, 6.07) is 9.24. The number of hydrogen-bond donors (Lipinski definition) is 3. The molecule has 0 spiro atoms. The topological polar surface area (TPSA) is 96.9 Å². The second kappa shape index (κ2) is 13.2. The van der Waals surface area contributed by atoms with E-state index >= 15 is 0 Å². The molecule has 0 heterocycles. The average Bonchev–Trinajstić information content (AvgIpc) is 2.76. The fraction of sp³-hybridized carbons (Fsp3) is 0.565. The van der Waals surface area contributed by atoms with Gasteiger partial charge in [-0.3, -0.25) is 14.8 Å². The normalized spacial score (nSPS) is 18.2. The molecule has 7 heteroatoms. The van der Waals surface area contributed by atoms with Crippen LogP contribution in [0.15, 0.2) is 42.0 Å². The number of rotatable bonds is 12. The van der Waals surface area contributed by atoms with Crippen LogP contribution in [-0.4, -0.2) is 43.1 Å². The number of allylic oxidation sites excluding steroid dienone is 2. The van der Waals surface area contributed by atoms with Crippen LogP contribution in [0, 0.1) is 11.8 Å². The SMILES string of the molecule is CCOCOCC(CC(Cc1ccccc1)C(=O)NO)NC(=O)[C@@H]1CC=C(C)CC1. The van der Waals surface area contributed by atoms with Gasteiger partial charge in [0.1, 0.15) is 6.79 Å². The Morgan fingerprint density at radius 2 is 2.00 bits per heavy atom. The van der Waals surface area contributed by atoms with Gasteiger partial charge in [-0.1, -0.05) is 42.0 Å². The molecule has 1 aliphatic rings. The highest BCUT2D eigenvalue weighted by molar-refractivity contribution is 5.80. The van der Waals surface area contributed by atoms with Crippen molar-refractivity contribution < 1.29 is 24.3 Å². The molecule has 7 nitrogen and oxygen atoms in total. The Bertz CT molecular complexity index is 692. The number of hydrogen-bond acceptors (Lipinski definition) is 5. The molecule has 2 amide bonds. The van der Waals surface area contributed by atoms with Crippen LogP contribution < -0.4 is 10.8 Å². The first-order valence-corrected chi connectivity index (χ1v) is 10.6. The van der Waals surface area contributed by atoms with Gasteiger partial charge in [0.15, 0.2) is 0 Å². The monoisotopic (exact) mass is 418 g/mol. The summed E-state index contributed by atoms with van der Waals surface area (Å²) in [4.78, 5) is 25.1. The highest BCUT2D eigenvalue weighted by Crippen LogP contribution is 2.24. The minimum absolute atomic E-state index is 0.0216. The molecule has 166 valence electrons. The third-order valence-electron chi connectivity index (χ3n) is 5.42. The largest absolute Gasteiger partial charge is 0.356 e. The minimum atomic E-state index is -0.508. The van der Waals surface area contributed by atoms with Crippen LogP contribution in [0.5, 0.6) is 0 Å². The molecule has 1 aromatic rings. The first-order chi connectivity index (χ1) is 14.5.